The maximum absolute atomic E-state index is 12.6. The summed E-state index contributed by atoms with van der Waals surface area (Å²) in [6, 6.07) is 11.5. The zero-order valence-corrected chi connectivity index (χ0v) is 16.7. The highest BCUT2D eigenvalue weighted by molar-refractivity contribution is 6.30. The average molecular weight is 443 g/mol. The number of benzene rings is 2. The van der Waals surface area contributed by atoms with Crippen LogP contribution < -0.4 is 5.32 Å². The molecule has 2 aromatic carbocycles. The molecule has 1 amide bonds. The molecule has 1 fully saturated rings. The topological polar surface area (TPSA) is 72.8 Å². The van der Waals surface area contributed by atoms with Gasteiger partial charge in [0.25, 0.3) is 0 Å². The van der Waals surface area contributed by atoms with Gasteiger partial charge in [-0.15, -0.1) is 0 Å². The van der Waals surface area contributed by atoms with Gasteiger partial charge in [-0.2, -0.15) is 13.2 Å². The lowest BCUT2D eigenvalue weighted by molar-refractivity contribution is -0.137. The fourth-order valence-corrected chi connectivity index (χ4v) is 3.49. The van der Waals surface area contributed by atoms with Crippen molar-refractivity contribution in [1.82, 2.24) is 10.2 Å². The molecule has 2 aromatic rings. The lowest BCUT2D eigenvalue weighted by atomic mass is 10.0. The Morgan fingerprint density at radius 2 is 1.73 bits per heavy atom. The van der Waals surface area contributed by atoms with Crippen LogP contribution >= 0.6 is 11.6 Å². The van der Waals surface area contributed by atoms with Gasteiger partial charge in [0.1, 0.15) is 11.7 Å². The molecule has 0 spiro atoms. The Labute approximate surface area is 177 Å². The number of nitrogens with zero attached hydrogens (tertiary/aromatic N) is 1. The van der Waals surface area contributed by atoms with E-state index in [0.717, 1.165) is 17.7 Å². The van der Waals surface area contributed by atoms with Gasteiger partial charge in [0, 0.05) is 24.7 Å². The number of aliphatic hydroxyl groups excluding tert-OH is 1. The van der Waals surface area contributed by atoms with Crippen molar-refractivity contribution >= 4 is 17.5 Å². The molecule has 1 heterocycles. The first kappa shape index (κ1) is 22.6. The van der Waals surface area contributed by atoms with E-state index in [-0.39, 0.29) is 38.5 Å². The van der Waals surface area contributed by atoms with Crippen LogP contribution in [0.15, 0.2) is 48.5 Å². The van der Waals surface area contributed by atoms with Gasteiger partial charge in [-0.1, -0.05) is 35.9 Å². The maximum atomic E-state index is 12.6. The molecule has 3 rings (SSSR count). The molecule has 0 unspecified atom stereocenters. The predicted octanol–water partition coefficient (Wildman–Crippen LogP) is 2.63. The van der Waals surface area contributed by atoms with E-state index >= 15 is 0 Å². The summed E-state index contributed by atoms with van der Waals surface area (Å²) < 4.78 is 37.8. The molecular formula is C21H22ClF3N2O3. The Kier molecular flexibility index (Phi) is 6.71. The summed E-state index contributed by atoms with van der Waals surface area (Å²) in [6.07, 6.45) is -5.40. The van der Waals surface area contributed by atoms with Crippen molar-refractivity contribution in [3.05, 3.63) is 70.2 Å². The number of hydrogen-bond donors (Lipinski definition) is 3. The van der Waals surface area contributed by atoms with Crippen LogP contribution in [0, 0.1) is 0 Å². The Morgan fingerprint density at radius 1 is 1.13 bits per heavy atom. The number of hydrogen-bond acceptors (Lipinski definition) is 4. The first-order chi connectivity index (χ1) is 14.1. The fourth-order valence-electron chi connectivity index (χ4n) is 3.37. The van der Waals surface area contributed by atoms with Crippen LogP contribution in [-0.2, 0) is 23.9 Å². The molecule has 1 aliphatic heterocycles. The van der Waals surface area contributed by atoms with E-state index in [0.29, 0.717) is 10.6 Å². The Bertz CT molecular complexity index is 875. The van der Waals surface area contributed by atoms with Crippen molar-refractivity contribution in [2.24, 2.45) is 0 Å². The van der Waals surface area contributed by atoms with Crippen LogP contribution in [0.25, 0.3) is 0 Å². The highest BCUT2D eigenvalue weighted by Gasteiger charge is 2.45. The number of amides is 1. The van der Waals surface area contributed by atoms with Gasteiger partial charge in [0.05, 0.1) is 18.5 Å². The van der Waals surface area contributed by atoms with Crippen molar-refractivity contribution < 1.29 is 28.2 Å². The molecule has 0 saturated carbocycles. The number of halogens is 4. The lowest BCUT2D eigenvalue weighted by Gasteiger charge is -2.26. The molecule has 2 atom stereocenters. The van der Waals surface area contributed by atoms with Crippen LogP contribution in [0.3, 0.4) is 0 Å². The van der Waals surface area contributed by atoms with Crippen LogP contribution in [0.4, 0.5) is 13.2 Å². The van der Waals surface area contributed by atoms with E-state index in [1.54, 1.807) is 24.3 Å². The number of nitrogens with one attached hydrogen (secondary N) is 1. The standard InChI is InChI=1S/C21H22ClF3N2O3/c22-17-7-3-14(4-8-17)9-19(29)27-11-18(28)20(30,13-27)12-26-10-15-1-5-16(6-2-15)21(23,24)25/h1-8,18,26,28,30H,9-13H2/t18-,20+/m1/s1. The van der Waals surface area contributed by atoms with Gasteiger partial charge < -0.3 is 20.4 Å². The molecule has 0 bridgehead atoms. The number of likely N-dealkylation sites (tertiary alicyclic amines) is 1. The predicted molar refractivity (Wildman–Crippen MR) is 106 cm³/mol. The molecule has 1 aliphatic rings. The third-order valence-corrected chi connectivity index (χ3v) is 5.39. The highest BCUT2D eigenvalue weighted by Crippen LogP contribution is 2.29. The van der Waals surface area contributed by atoms with Crippen LogP contribution in [0.5, 0.6) is 0 Å². The van der Waals surface area contributed by atoms with Crippen molar-refractivity contribution in [2.45, 2.75) is 30.8 Å². The average Bonchev–Trinajstić information content (AvgIpc) is 2.98. The summed E-state index contributed by atoms with van der Waals surface area (Å²) >= 11 is 5.83. The molecular weight excluding hydrogens is 421 g/mol. The second-order valence-corrected chi connectivity index (χ2v) is 7.93. The zero-order chi connectivity index (χ0) is 21.9. The summed E-state index contributed by atoms with van der Waals surface area (Å²) in [5, 5.41) is 24.5. The van der Waals surface area contributed by atoms with Gasteiger partial charge in [-0.3, -0.25) is 4.79 Å². The van der Waals surface area contributed by atoms with Crippen molar-refractivity contribution in [3.63, 3.8) is 0 Å². The van der Waals surface area contributed by atoms with E-state index in [1.807, 2.05) is 0 Å². The zero-order valence-electron chi connectivity index (χ0n) is 16.0. The smallest absolute Gasteiger partial charge is 0.388 e. The second kappa shape index (κ2) is 8.93. The van der Waals surface area contributed by atoms with Crippen LogP contribution in [-0.4, -0.2) is 52.4 Å². The summed E-state index contributed by atoms with van der Waals surface area (Å²) in [7, 11) is 0. The van der Waals surface area contributed by atoms with Crippen LogP contribution in [0.2, 0.25) is 5.02 Å². The number of carbonyl (C=O) groups is 1. The molecule has 1 saturated heterocycles. The van der Waals surface area contributed by atoms with E-state index in [2.05, 4.69) is 5.32 Å². The molecule has 3 N–H and O–H groups in total. The summed E-state index contributed by atoms with van der Waals surface area (Å²) in [4.78, 5) is 13.9. The Morgan fingerprint density at radius 3 is 2.33 bits per heavy atom. The molecule has 9 heteroatoms. The Hall–Kier alpha value is -2.13. The third kappa shape index (κ3) is 5.51. The van der Waals surface area contributed by atoms with E-state index < -0.39 is 23.4 Å². The molecule has 0 radical (unpaired) electrons. The fraction of sp³-hybridized carbons (Fsp3) is 0.381. The highest BCUT2D eigenvalue weighted by atomic mass is 35.5. The number of carbonyl (C=O) groups excluding carboxylic acids is 1. The minimum atomic E-state index is -4.39. The molecule has 162 valence electrons. The van der Waals surface area contributed by atoms with Gasteiger partial charge in [-0.25, -0.2) is 0 Å². The maximum Gasteiger partial charge on any atom is 0.416 e. The second-order valence-electron chi connectivity index (χ2n) is 7.50. The minimum Gasteiger partial charge on any atom is -0.388 e. The number of alkyl halides is 3. The number of rotatable bonds is 6. The minimum absolute atomic E-state index is 0.00484. The molecule has 5 nitrogen and oxygen atoms in total. The SMILES string of the molecule is O=C(Cc1ccc(Cl)cc1)N1C[C@@H](O)[C@](O)(CNCc2ccc(C(F)(F)F)cc2)C1. The van der Waals surface area contributed by atoms with E-state index in [4.69, 9.17) is 11.6 Å². The number of β-amino-alcohol motifs (C(OH)–C–C–N with tert-alkyl or cyclic N) is 2. The summed E-state index contributed by atoms with van der Waals surface area (Å²) in [6.45, 7) is 0.164. The summed E-state index contributed by atoms with van der Waals surface area (Å²) in [5.74, 6) is -0.227. The quantitative estimate of drug-likeness (QED) is 0.643. The monoisotopic (exact) mass is 442 g/mol. The normalized spacial score (nSPS) is 21.8. The van der Waals surface area contributed by atoms with Crippen molar-refractivity contribution in [3.8, 4) is 0 Å². The van der Waals surface area contributed by atoms with Gasteiger partial charge in [0.2, 0.25) is 5.91 Å². The Balaban J connectivity index is 1.52. The van der Waals surface area contributed by atoms with Gasteiger partial charge in [0.15, 0.2) is 0 Å². The third-order valence-electron chi connectivity index (χ3n) is 5.14. The number of aliphatic hydroxyl groups is 2. The summed E-state index contributed by atoms with van der Waals surface area (Å²) in [5.41, 5.74) is -0.892. The van der Waals surface area contributed by atoms with Gasteiger partial charge >= 0.3 is 6.18 Å². The molecule has 30 heavy (non-hydrogen) atoms. The van der Waals surface area contributed by atoms with Crippen molar-refractivity contribution in [2.75, 3.05) is 19.6 Å². The first-order valence-corrected chi connectivity index (χ1v) is 9.74. The van der Waals surface area contributed by atoms with E-state index in [9.17, 15) is 28.2 Å². The first-order valence-electron chi connectivity index (χ1n) is 9.36. The van der Waals surface area contributed by atoms with E-state index in [1.165, 1.54) is 17.0 Å². The lowest BCUT2D eigenvalue weighted by Crippen LogP contribution is -2.50. The largest absolute Gasteiger partial charge is 0.416 e. The molecule has 0 aliphatic carbocycles. The van der Waals surface area contributed by atoms with Gasteiger partial charge in [-0.05, 0) is 35.4 Å². The van der Waals surface area contributed by atoms with Crippen LogP contribution in [0.1, 0.15) is 16.7 Å². The molecule has 0 aromatic heterocycles. The van der Waals surface area contributed by atoms with Crippen molar-refractivity contribution in [1.29, 1.82) is 0 Å².